The molecule has 1 unspecified atom stereocenters. The van der Waals surface area contributed by atoms with Crippen LogP contribution in [0.3, 0.4) is 0 Å². The van der Waals surface area contributed by atoms with Crippen molar-refractivity contribution in [2.45, 2.75) is 18.9 Å². The third-order valence-electron chi connectivity index (χ3n) is 5.27. The maximum Gasteiger partial charge on any atom is 0.273 e. The first-order chi connectivity index (χ1) is 14.3. The highest BCUT2D eigenvalue weighted by molar-refractivity contribution is 7.13. The molecule has 3 heterocycles. The van der Waals surface area contributed by atoms with E-state index >= 15 is 0 Å². The van der Waals surface area contributed by atoms with Gasteiger partial charge < -0.3 is 4.90 Å². The average Bonchev–Trinajstić information content (AvgIpc) is 3.55. The van der Waals surface area contributed by atoms with Gasteiger partial charge in [0, 0.05) is 23.7 Å². The maximum absolute atomic E-state index is 13.2. The van der Waals surface area contributed by atoms with Crippen LogP contribution >= 0.6 is 11.3 Å². The minimum Gasteiger partial charge on any atom is -0.330 e. The lowest BCUT2D eigenvalue weighted by Crippen LogP contribution is -2.30. The number of thiazole rings is 1. The van der Waals surface area contributed by atoms with Gasteiger partial charge in [0.05, 0.1) is 17.9 Å². The Morgan fingerprint density at radius 3 is 2.59 bits per heavy atom. The van der Waals surface area contributed by atoms with Crippen LogP contribution in [0, 0.1) is 0 Å². The number of hydrogen-bond donors (Lipinski definition) is 0. The molecule has 0 radical (unpaired) electrons. The van der Waals surface area contributed by atoms with Crippen LogP contribution in [0.5, 0.6) is 0 Å². The number of amides is 1. The molecule has 0 saturated carbocycles. The lowest BCUT2D eigenvalue weighted by molar-refractivity contribution is 0.0730. The Hall–Kier alpha value is -3.25. The molecule has 6 heteroatoms. The topological polar surface area (TPSA) is 51.0 Å². The van der Waals surface area contributed by atoms with E-state index in [1.165, 1.54) is 16.9 Å². The zero-order valence-electron chi connectivity index (χ0n) is 15.8. The zero-order valence-corrected chi connectivity index (χ0v) is 16.6. The summed E-state index contributed by atoms with van der Waals surface area (Å²) in [4.78, 5) is 19.7. The Morgan fingerprint density at radius 2 is 1.79 bits per heavy atom. The Labute approximate surface area is 173 Å². The molecule has 1 atom stereocenters. The van der Waals surface area contributed by atoms with Crippen LogP contribution in [0.1, 0.15) is 34.9 Å². The standard InChI is InChI=1S/C23H20N4OS/c28-23(26-13-7-12-21(26)17-8-3-1-4-9-17)20-16-29-22(25-20)18-14-24-27(15-18)19-10-5-2-6-11-19/h1-6,8-11,14-16,21H,7,12-13H2. The van der Waals surface area contributed by atoms with Crippen LogP contribution < -0.4 is 0 Å². The number of nitrogens with zero attached hydrogens (tertiary/aromatic N) is 4. The second kappa shape index (κ2) is 7.64. The molecule has 5 nitrogen and oxygen atoms in total. The first kappa shape index (κ1) is 17.8. The summed E-state index contributed by atoms with van der Waals surface area (Å²) in [7, 11) is 0. The highest BCUT2D eigenvalue weighted by Gasteiger charge is 2.31. The molecule has 1 aliphatic heterocycles. The van der Waals surface area contributed by atoms with Gasteiger partial charge in [-0.05, 0) is 30.5 Å². The monoisotopic (exact) mass is 400 g/mol. The van der Waals surface area contributed by atoms with E-state index in [0.29, 0.717) is 5.69 Å². The van der Waals surface area contributed by atoms with E-state index in [1.807, 2.05) is 69.7 Å². The van der Waals surface area contributed by atoms with Crippen LogP contribution in [-0.4, -0.2) is 32.1 Å². The number of hydrogen-bond acceptors (Lipinski definition) is 4. The molecule has 1 amide bonds. The summed E-state index contributed by atoms with van der Waals surface area (Å²) in [5, 5.41) is 7.10. The molecular formula is C23H20N4OS. The van der Waals surface area contributed by atoms with Crippen molar-refractivity contribution in [3.05, 3.63) is 89.7 Å². The third-order valence-corrected chi connectivity index (χ3v) is 6.16. The highest BCUT2D eigenvalue weighted by atomic mass is 32.1. The molecule has 0 spiro atoms. The molecule has 0 bridgehead atoms. The Kier molecular flexibility index (Phi) is 4.69. The number of rotatable bonds is 4. The van der Waals surface area contributed by atoms with Gasteiger partial charge in [-0.15, -0.1) is 11.3 Å². The predicted octanol–water partition coefficient (Wildman–Crippen LogP) is 4.97. The van der Waals surface area contributed by atoms with Crippen molar-refractivity contribution in [1.82, 2.24) is 19.7 Å². The van der Waals surface area contributed by atoms with E-state index in [9.17, 15) is 4.79 Å². The Balaban J connectivity index is 1.37. The van der Waals surface area contributed by atoms with Gasteiger partial charge in [0.1, 0.15) is 10.7 Å². The first-order valence-corrected chi connectivity index (χ1v) is 10.6. The molecule has 1 fully saturated rings. The second-order valence-electron chi connectivity index (χ2n) is 7.11. The molecule has 0 aliphatic carbocycles. The minimum absolute atomic E-state index is 0.00862. The van der Waals surface area contributed by atoms with Crippen molar-refractivity contribution in [3.8, 4) is 16.3 Å². The van der Waals surface area contributed by atoms with Crippen LogP contribution in [0.25, 0.3) is 16.3 Å². The van der Waals surface area contributed by atoms with E-state index in [1.54, 1.807) is 6.20 Å². The van der Waals surface area contributed by atoms with E-state index in [0.717, 1.165) is 35.6 Å². The van der Waals surface area contributed by atoms with Crippen molar-refractivity contribution in [1.29, 1.82) is 0 Å². The smallest absolute Gasteiger partial charge is 0.273 e. The highest BCUT2D eigenvalue weighted by Crippen LogP contribution is 2.34. The molecule has 5 rings (SSSR count). The average molecular weight is 401 g/mol. The van der Waals surface area contributed by atoms with Crippen LogP contribution in [-0.2, 0) is 0 Å². The van der Waals surface area contributed by atoms with Crippen molar-refractivity contribution >= 4 is 17.2 Å². The number of likely N-dealkylation sites (tertiary alicyclic amines) is 1. The summed E-state index contributed by atoms with van der Waals surface area (Å²) < 4.78 is 1.82. The second-order valence-corrected chi connectivity index (χ2v) is 7.97. The molecule has 1 saturated heterocycles. The summed E-state index contributed by atoms with van der Waals surface area (Å²) in [6.45, 7) is 0.775. The van der Waals surface area contributed by atoms with Crippen LogP contribution in [0.4, 0.5) is 0 Å². The van der Waals surface area contributed by atoms with Gasteiger partial charge >= 0.3 is 0 Å². The Bertz CT molecular complexity index is 1120. The Morgan fingerprint density at radius 1 is 1.03 bits per heavy atom. The summed E-state index contributed by atoms with van der Waals surface area (Å²) in [5.74, 6) is 0.00862. The quantitative estimate of drug-likeness (QED) is 0.486. The van der Waals surface area contributed by atoms with Gasteiger partial charge in [-0.25, -0.2) is 9.67 Å². The summed E-state index contributed by atoms with van der Waals surface area (Å²) in [6.07, 6.45) is 5.76. The fourth-order valence-corrected chi connectivity index (χ4v) is 4.61. The van der Waals surface area contributed by atoms with E-state index in [4.69, 9.17) is 0 Å². The largest absolute Gasteiger partial charge is 0.330 e. The molecule has 1 aliphatic rings. The predicted molar refractivity (Wildman–Crippen MR) is 114 cm³/mol. The van der Waals surface area contributed by atoms with Gasteiger partial charge in [0.2, 0.25) is 0 Å². The SMILES string of the molecule is O=C(c1csc(-c2cnn(-c3ccccc3)c2)n1)N1CCCC1c1ccccc1. The van der Waals surface area contributed by atoms with E-state index in [2.05, 4.69) is 22.2 Å². The molecule has 2 aromatic heterocycles. The fourth-order valence-electron chi connectivity index (χ4n) is 3.84. The summed E-state index contributed by atoms with van der Waals surface area (Å²) in [6, 6.07) is 20.3. The molecule has 4 aromatic rings. The van der Waals surface area contributed by atoms with E-state index < -0.39 is 0 Å². The minimum atomic E-state index is 0.00862. The van der Waals surface area contributed by atoms with Crippen LogP contribution in [0.2, 0.25) is 0 Å². The molecule has 2 aromatic carbocycles. The van der Waals surface area contributed by atoms with Gasteiger partial charge in [-0.1, -0.05) is 48.5 Å². The fraction of sp³-hybridized carbons (Fsp3) is 0.174. The van der Waals surface area contributed by atoms with Gasteiger partial charge in [0.25, 0.3) is 5.91 Å². The van der Waals surface area contributed by atoms with Crippen molar-refractivity contribution in [2.75, 3.05) is 6.54 Å². The number of para-hydroxylation sites is 1. The normalized spacial score (nSPS) is 16.3. The summed E-state index contributed by atoms with van der Waals surface area (Å²) in [5.41, 5.74) is 3.62. The molecule has 0 N–H and O–H groups in total. The third kappa shape index (κ3) is 3.47. The van der Waals surface area contributed by atoms with Crippen molar-refractivity contribution in [2.24, 2.45) is 0 Å². The van der Waals surface area contributed by atoms with Gasteiger partial charge in [-0.3, -0.25) is 4.79 Å². The van der Waals surface area contributed by atoms with E-state index in [-0.39, 0.29) is 11.9 Å². The summed E-state index contributed by atoms with van der Waals surface area (Å²) >= 11 is 1.48. The lowest BCUT2D eigenvalue weighted by atomic mass is 10.0. The van der Waals surface area contributed by atoms with Crippen molar-refractivity contribution in [3.63, 3.8) is 0 Å². The number of aromatic nitrogens is 3. The van der Waals surface area contributed by atoms with Gasteiger partial charge in [-0.2, -0.15) is 5.10 Å². The number of carbonyl (C=O) groups excluding carboxylic acids is 1. The lowest BCUT2D eigenvalue weighted by Gasteiger charge is -2.24. The number of carbonyl (C=O) groups is 1. The number of benzene rings is 2. The first-order valence-electron chi connectivity index (χ1n) is 9.71. The van der Waals surface area contributed by atoms with Crippen LogP contribution in [0.15, 0.2) is 78.4 Å². The molecular weight excluding hydrogens is 380 g/mol. The zero-order chi connectivity index (χ0) is 19.6. The molecule has 29 heavy (non-hydrogen) atoms. The molecule has 144 valence electrons. The van der Waals surface area contributed by atoms with Crippen molar-refractivity contribution < 1.29 is 4.79 Å². The maximum atomic E-state index is 13.2. The van der Waals surface area contributed by atoms with Gasteiger partial charge in [0.15, 0.2) is 0 Å².